The van der Waals surface area contributed by atoms with Crippen LogP contribution in [0.4, 0.5) is 11.4 Å². The Morgan fingerprint density at radius 3 is 2.31 bits per heavy atom. The number of nitrogens with zero attached hydrogens (tertiary/aromatic N) is 1. The van der Waals surface area contributed by atoms with Crippen molar-refractivity contribution in [3.05, 3.63) is 93.0 Å². The number of esters is 1. The van der Waals surface area contributed by atoms with E-state index in [4.69, 9.17) is 21.1 Å². The second-order valence-electron chi connectivity index (χ2n) is 7.47. The molecule has 0 aliphatic heterocycles. The van der Waals surface area contributed by atoms with Crippen LogP contribution < -0.4 is 10.1 Å². The summed E-state index contributed by atoms with van der Waals surface area (Å²) in [5.74, 6) is -1.36. The molecule has 0 spiro atoms. The highest BCUT2D eigenvalue weighted by molar-refractivity contribution is 6.32. The maximum absolute atomic E-state index is 12.3. The van der Waals surface area contributed by atoms with Crippen molar-refractivity contribution in [2.75, 3.05) is 11.9 Å². The molecule has 0 bridgehead atoms. The number of para-hydroxylation sites is 1. The number of ether oxygens (including phenoxy) is 2. The molecule has 1 N–H and O–H groups in total. The summed E-state index contributed by atoms with van der Waals surface area (Å²) in [6.07, 6.45) is -0.254. The number of nitro benzene ring substituents is 1. The van der Waals surface area contributed by atoms with Crippen molar-refractivity contribution in [1.82, 2.24) is 0 Å². The topological polar surface area (TPSA) is 125 Å². The zero-order valence-electron chi connectivity index (χ0n) is 18.7. The molecule has 0 heterocycles. The molecule has 0 aliphatic rings. The van der Waals surface area contributed by atoms with Crippen molar-refractivity contribution >= 4 is 40.6 Å². The number of anilines is 1. The normalized spacial score (nSPS) is 10.3. The number of halogens is 1. The van der Waals surface area contributed by atoms with Gasteiger partial charge in [0, 0.05) is 23.7 Å². The van der Waals surface area contributed by atoms with Gasteiger partial charge < -0.3 is 14.8 Å². The van der Waals surface area contributed by atoms with Crippen molar-refractivity contribution < 1.29 is 28.8 Å². The van der Waals surface area contributed by atoms with Crippen LogP contribution in [0.2, 0.25) is 5.02 Å². The summed E-state index contributed by atoms with van der Waals surface area (Å²) in [7, 11) is 0. The molecular formula is C25H21ClN2O7. The standard InChI is InChI=1S/C25H21ClN2O7/c1-16-5-9-18(10-6-16)27-23(30)13-14-24(31)34-15-22(29)17-7-11-19(12-8-17)35-25-20(26)3-2-4-21(25)28(32)33/h2-12H,13-15H2,1H3,(H,27,30). The molecule has 3 aromatic carbocycles. The minimum absolute atomic E-state index is 0.0683. The maximum Gasteiger partial charge on any atom is 0.313 e. The number of benzene rings is 3. The van der Waals surface area contributed by atoms with Crippen LogP contribution in [0.1, 0.15) is 28.8 Å². The van der Waals surface area contributed by atoms with E-state index >= 15 is 0 Å². The van der Waals surface area contributed by atoms with Crippen molar-refractivity contribution in [2.45, 2.75) is 19.8 Å². The zero-order valence-corrected chi connectivity index (χ0v) is 19.4. The predicted molar refractivity (Wildman–Crippen MR) is 129 cm³/mol. The van der Waals surface area contributed by atoms with Crippen LogP contribution in [0.5, 0.6) is 11.5 Å². The minimum Gasteiger partial charge on any atom is -0.457 e. The number of carbonyl (C=O) groups is 3. The lowest BCUT2D eigenvalue weighted by molar-refractivity contribution is -0.385. The van der Waals surface area contributed by atoms with E-state index in [0.717, 1.165) is 5.56 Å². The molecule has 3 aromatic rings. The second kappa shape index (κ2) is 11.8. The van der Waals surface area contributed by atoms with Gasteiger partial charge in [-0.1, -0.05) is 35.4 Å². The Hall–Kier alpha value is -4.24. The van der Waals surface area contributed by atoms with Gasteiger partial charge in [0.2, 0.25) is 11.7 Å². The summed E-state index contributed by atoms with van der Waals surface area (Å²) in [6.45, 7) is 1.44. The van der Waals surface area contributed by atoms with Gasteiger partial charge in [-0.05, 0) is 49.4 Å². The van der Waals surface area contributed by atoms with Crippen molar-refractivity contribution in [3.63, 3.8) is 0 Å². The van der Waals surface area contributed by atoms with E-state index in [1.54, 1.807) is 12.1 Å². The quantitative estimate of drug-likeness (QED) is 0.170. The van der Waals surface area contributed by atoms with Gasteiger partial charge >= 0.3 is 11.7 Å². The Morgan fingerprint density at radius 2 is 1.66 bits per heavy atom. The summed E-state index contributed by atoms with van der Waals surface area (Å²) in [5.41, 5.74) is 1.64. The number of nitrogens with one attached hydrogen (secondary N) is 1. The Kier molecular flexibility index (Phi) is 8.53. The summed E-state index contributed by atoms with van der Waals surface area (Å²) in [6, 6.07) is 17.1. The average Bonchev–Trinajstić information content (AvgIpc) is 2.84. The van der Waals surface area contributed by atoms with Gasteiger partial charge in [-0.15, -0.1) is 0 Å². The third-order valence-electron chi connectivity index (χ3n) is 4.79. The fourth-order valence-electron chi connectivity index (χ4n) is 2.95. The number of carbonyl (C=O) groups excluding carboxylic acids is 3. The Bertz CT molecular complexity index is 1240. The number of amides is 1. The van der Waals surface area contributed by atoms with Gasteiger partial charge in [-0.25, -0.2) is 0 Å². The molecule has 0 fully saturated rings. The SMILES string of the molecule is Cc1ccc(NC(=O)CCC(=O)OCC(=O)c2ccc(Oc3c(Cl)cccc3[N+](=O)[O-])cc2)cc1. The highest BCUT2D eigenvalue weighted by Crippen LogP contribution is 2.37. The fraction of sp³-hybridized carbons (Fsp3) is 0.160. The maximum atomic E-state index is 12.3. The Balaban J connectivity index is 1.47. The lowest BCUT2D eigenvalue weighted by Crippen LogP contribution is -2.17. The molecular weight excluding hydrogens is 476 g/mol. The van der Waals surface area contributed by atoms with Crippen molar-refractivity contribution in [3.8, 4) is 11.5 Å². The number of Topliss-reactive ketones (excluding diaryl/α,β-unsaturated/α-hetero) is 1. The van der Waals surface area contributed by atoms with E-state index in [9.17, 15) is 24.5 Å². The van der Waals surface area contributed by atoms with Gasteiger partial charge in [0.15, 0.2) is 12.4 Å². The molecule has 0 saturated carbocycles. The molecule has 10 heteroatoms. The molecule has 9 nitrogen and oxygen atoms in total. The molecule has 0 saturated heterocycles. The molecule has 0 radical (unpaired) electrons. The fourth-order valence-corrected chi connectivity index (χ4v) is 3.15. The van der Waals surface area contributed by atoms with Crippen LogP contribution in [-0.4, -0.2) is 29.2 Å². The monoisotopic (exact) mass is 496 g/mol. The number of hydrogen-bond acceptors (Lipinski definition) is 7. The first-order valence-electron chi connectivity index (χ1n) is 10.5. The third kappa shape index (κ3) is 7.38. The number of ketones is 1. The lowest BCUT2D eigenvalue weighted by Gasteiger charge is -2.09. The molecule has 0 aliphatic carbocycles. The third-order valence-corrected chi connectivity index (χ3v) is 5.09. The van der Waals surface area contributed by atoms with E-state index < -0.39 is 23.3 Å². The molecule has 1 amide bonds. The number of aryl methyl sites for hydroxylation is 1. The molecule has 0 atom stereocenters. The Labute approximate surface area is 205 Å². The van der Waals surface area contributed by atoms with Crippen LogP contribution in [0, 0.1) is 17.0 Å². The van der Waals surface area contributed by atoms with E-state index in [-0.39, 0.29) is 46.5 Å². The van der Waals surface area contributed by atoms with Gasteiger partial charge in [-0.3, -0.25) is 24.5 Å². The van der Waals surface area contributed by atoms with E-state index in [1.807, 2.05) is 19.1 Å². The molecule has 0 aromatic heterocycles. The molecule has 3 rings (SSSR count). The number of nitro groups is 1. The van der Waals surface area contributed by atoms with E-state index in [0.29, 0.717) is 5.69 Å². The van der Waals surface area contributed by atoms with Crippen molar-refractivity contribution in [1.29, 1.82) is 0 Å². The van der Waals surface area contributed by atoms with Gasteiger partial charge in [0.05, 0.1) is 16.4 Å². The second-order valence-corrected chi connectivity index (χ2v) is 7.88. The first kappa shape index (κ1) is 25.4. The molecule has 180 valence electrons. The van der Waals surface area contributed by atoms with Crippen LogP contribution in [0.15, 0.2) is 66.7 Å². The summed E-state index contributed by atoms with van der Waals surface area (Å²) < 4.78 is 10.5. The summed E-state index contributed by atoms with van der Waals surface area (Å²) >= 11 is 6.01. The van der Waals surface area contributed by atoms with E-state index in [2.05, 4.69) is 5.32 Å². The van der Waals surface area contributed by atoms with Crippen molar-refractivity contribution in [2.24, 2.45) is 0 Å². The number of hydrogen-bond donors (Lipinski definition) is 1. The molecule has 0 unspecified atom stereocenters. The number of rotatable bonds is 10. The van der Waals surface area contributed by atoms with E-state index in [1.165, 1.54) is 42.5 Å². The first-order valence-corrected chi connectivity index (χ1v) is 10.9. The summed E-state index contributed by atoms with van der Waals surface area (Å²) in [4.78, 5) is 46.7. The van der Waals surface area contributed by atoms with Crippen LogP contribution in [0.25, 0.3) is 0 Å². The van der Waals surface area contributed by atoms with Gasteiger partial charge in [-0.2, -0.15) is 0 Å². The lowest BCUT2D eigenvalue weighted by atomic mass is 10.1. The smallest absolute Gasteiger partial charge is 0.313 e. The van der Waals surface area contributed by atoms with Gasteiger partial charge in [0.1, 0.15) is 5.75 Å². The Morgan fingerprint density at radius 1 is 0.971 bits per heavy atom. The van der Waals surface area contributed by atoms with Gasteiger partial charge in [0.25, 0.3) is 0 Å². The average molecular weight is 497 g/mol. The van der Waals surface area contributed by atoms with Crippen LogP contribution >= 0.6 is 11.6 Å². The molecule has 35 heavy (non-hydrogen) atoms. The van der Waals surface area contributed by atoms with Crippen LogP contribution in [0.3, 0.4) is 0 Å². The minimum atomic E-state index is -0.677. The predicted octanol–water partition coefficient (Wildman–Crippen LogP) is 5.49. The highest BCUT2D eigenvalue weighted by Gasteiger charge is 2.19. The zero-order chi connectivity index (χ0) is 25.4. The largest absolute Gasteiger partial charge is 0.457 e. The highest BCUT2D eigenvalue weighted by atomic mass is 35.5. The first-order chi connectivity index (χ1) is 16.7. The van der Waals surface area contributed by atoms with Crippen LogP contribution in [-0.2, 0) is 14.3 Å². The summed E-state index contributed by atoms with van der Waals surface area (Å²) in [5, 5.41) is 13.9.